The third kappa shape index (κ3) is 3.65. The summed E-state index contributed by atoms with van der Waals surface area (Å²) in [5.74, 6) is 0.891. The molecule has 0 aromatic heterocycles. The number of fused-ring (bicyclic) bond motifs is 1. The summed E-state index contributed by atoms with van der Waals surface area (Å²) >= 11 is 0. The molecule has 1 heterocycles. The van der Waals surface area contributed by atoms with E-state index in [1.807, 2.05) is 6.07 Å². The number of hydrogen-bond donors (Lipinski definition) is 1. The van der Waals surface area contributed by atoms with E-state index in [0.717, 1.165) is 0 Å². The number of esters is 1. The van der Waals surface area contributed by atoms with Crippen LogP contribution in [0.5, 0.6) is 17.2 Å². The fourth-order valence-corrected chi connectivity index (χ4v) is 2.62. The summed E-state index contributed by atoms with van der Waals surface area (Å²) in [7, 11) is 3.07. The van der Waals surface area contributed by atoms with E-state index in [1.54, 1.807) is 48.4 Å². The highest BCUT2D eigenvalue weighted by Crippen LogP contribution is 2.32. The van der Waals surface area contributed by atoms with Gasteiger partial charge in [-0.15, -0.1) is 0 Å². The zero-order chi connectivity index (χ0) is 17.8. The number of hydrogen-bond acceptors (Lipinski definition) is 6. The Balaban J connectivity index is 1.76. The molecule has 3 rings (SSSR count). The molecular weight excluding hydrogens is 324 g/mol. The van der Waals surface area contributed by atoms with Gasteiger partial charge in [-0.3, -0.25) is 4.79 Å². The summed E-state index contributed by atoms with van der Waals surface area (Å²) in [5.41, 5.74) is 1.20. The van der Waals surface area contributed by atoms with Gasteiger partial charge < -0.3 is 24.4 Å². The van der Waals surface area contributed by atoms with Crippen LogP contribution in [0.3, 0.4) is 0 Å². The van der Waals surface area contributed by atoms with Crippen LogP contribution in [0, 0.1) is 0 Å². The fourth-order valence-electron chi connectivity index (χ4n) is 2.62. The molecule has 2 aromatic carbocycles. The van der Waals surface area contributed by atoms with Crippen LogP contribution in [0.15, 0.2) is 42.5 Å². The Morgan fingerprint density at radius 3 is 2.76 bits per heavy atom. The van der Waals surface area contributed by atoms with Crippen LogP contribution in [0.2, 0.25) is 0 Å². The van der Waals surface area contributed by atoms with Crippen LogP contribution in [0.25, 0.3) is 0 Å². The van der Waals surface area contributed by atoms with Crippen molar-refractivity contribution >= 4 is 23.3 Å². The molecule has 0 radical (unpaired) electrons. The molecule has 0 spiro atoms. The third-order valence-electron chi connectivity index (χ3n) is 3.76. The first-order chi connectivity index (χ1) is 12.1. The molecule has 0 bridgehead atoms. The van der Waals surface area contributed by atoms with Crippen LogP contribution in [0.4, 0.5) is 11.4 Å². The van der Waals surface area contributed by atoms with Crippen molar-refractivity contribution in [1.29, 1.82) is 0 Å². The zero-order valence-electron chi connectivity index (χ0n) is 13.9. The van der Waals surface area contributed by atoms with E-state index in [1.165, 1.54) is 7.11 Å². The van der Waals surface area contributed by atoms with Gasteiger partial charge in [0.15, 0.2) is 5.75 Å². The van der Waals surface area contributed by atoms with Gasteiger partial charge in [0.05, 0.1) is 32.1 Å². The van der Waals surface area contributed by atoms with Gasteiger partial charge in [-0.25, -0.2) is 4.79 Å². The molecule has 1 aliphatic rings. The van der Waals surface area contributed by atoms with Gasteiger partial charge in [-0.05, 0) is 24.3 Å². The monoisotopic (exact) mass is 342 g/mol. The number of methoxy groups -OCH3 is 2. The molecule has 7 heteroatoms. The normalized spacial score (nSPS) is 12.9. The summed E-state index contributed by atoms with van der Waals surface area (Å²) in [6, 6.07) is 12.2. The zero-order valence-corrected chi connectivity index (χ0v) is 13.9. The number of nitrogens with zero attached hydrogens (tertiary/aromatic N) is 1. The van der Waals surface area contributed by atoms with Crippen LogP contribution >= 0.6 is 0 Å². The second-order valence-electron chi connectivity index (χ2n) is 5.41. The first kappa shape index (κ1) is 16.6. The molecule has 7 nitrogen and oxygen atoms in total. The van der Waals surface area contributed by atoms with Crippen molar-refractivity contribution in [2.75, 3.05) is 37.5 Å². The second-order valence-corrected chi connectivity index (χ2v) is 5.41. The molecule has 0 saturated carbocycles. The Labute approximate surface area is 145 Å². The van der Waals surface area contributed by atoms with Gasteiger partial charge in [0.1, 0.15) is 18.0 Å². The minimum atomic E-state index is -0.398. The minimum Gasteiger partial charge on any atom is -0.497 e. The molecule has 130 valence electrons. The van der Waals surface area contributed by atoms with E-state index in [2.05, 4.69) is 5.32 Å². The Morgan fingerprint density at radius 2 is 2.00 bits per heavy atom. The summed E-state index contributed by atoms with van der Waals surface area (Å²) in [5, 5.41) is 2.79. The Morgan fingerprint density at radius 1 is 1.20 bits per heavy atom. The number of carbonyl (C=O) groups is 2. The van der Waals surface area contributed by atoms with E-state index < -0.39 is 5.97 Å². The lowest BCUT2D eigenvalue weighted by Crippen LogP contribution is -2.41. The molecule has 0 unspecified atom stereocenters. The number of rotatable bonds is 5. The first-order valence-electron chi connectivity index (χ1n) is 7.67. The smallest absolute Gasteiger partial charge is 0.331 e. The van der Waals surface area contributed by atoms with Crippen LogP contribution in [-0.4, -0.2) is 39.2 Å². The Bertz CT molecular complexity index is 806. The number of para-hydroxylation sites is 2. The van der Waals surface area contributed by atoms with Gasteiger partial charge in [-0.2, -0.15) is 0 Å². The number of benzene rings is 2. The molecule has 0 saturated heterocycles. The highest BCUT2D eigenvalue weighted by molar-refractivity contribution is 5.97. The maximum atomic E-state index is 12.5. The van der Waals surface area contributed by atoms with Crippen molar-refractivity contribution in [2.45, 2.75) is 0 Å². The van der Waals surface area contributed by atoms with Gasteiger partial charge in [0.2, 0.25) is 5.91 Å². The van der Waals surface area contributed by atoms with Gasteiger partial charge in [-0.1, -0.05) is 12.1 Å². The van der Waals surface area contributed by atoms with Crippen molar-refractivity contribution in [3.05, 3.63) is 42.5 Å². The summed E-state index contributed by atoms with van der Waals surface area (Å²) in [4.78, 5) is 25.9. The van der Waals surface area contributed by atoms with Crippen LogP contribution in [-0.2, 0) is 9.59 Å². The molecule has 1 amide bonds. The number of ether oxygens (including phenoxy) is 3. The molecule has 1 aliphatic heterocycles. The van der Waals surface area contributed by atoms with Gasteiger partial charge in [0.25, 0.3) is 0 Å². The average Bonchev–Trinajstić information content (AvgIpc) is 2.61. The standard InChI is InChI=1S/C18H18N2O5/c1-23-12-7-8-15(24-2)13(9-12)19-17(21)10-20-11-18(22)25-16-6-4-3-5-14(16)20/h3-9H,10-11H2,1-2H3,(H,19,21). The molecule has 25 heavy (non-hydrogen) atoms. The lowest BCUT2D eigenvalue weighted by molar-refractivity contribution is -0.133. The van der Waals surface area contributed by atoms with Crippen molar-refractivity contribution in [1.82, 2.24) is 0 Å². The fraction of sp³-hybridized carbons (Fsp3) is 0.222. The van der Waals surface area contributed by atoms with Gasteiger partial charge in [0, 0.05) is 6.07 Å². The number of amides is 1. The summed E-state index contributed by atoms with van der Waals surface area (Å²) < 4.78 is 15.6. The summed E-state index contributed by atoms with van der Waals surface area (Å²) in [6.07, 6.45) is 0. The maximum absolute atomic E-state index is 12.5. The quantitative estimate of drug-likeness (QED) is 0.662. The van der Waals surface area contributed by atoms with Crippen molar-refractivity contribution in [3.8, 4) is 17.2 Å². The molecule has 2 aromatic rings. The van der Waals surface area contributed by atoms with Crippen LogP contribution < -0.4 is 24.4 Å². The van der Waals surface area contributed by atoms with Gasteiger partial charge >= 0.3 is 5.97 Å². The van der Waals surface area contributed by atoms with E-state index >= 15 is 0 Å². The third-order valence-corrected chi connectivity index (χ3v) is 3.76. The minimum absolute atomic E-state index is 0.00643. The average molecular weight is 342 g/mol. The molecule has 0 fully saturated rings. The molecule has 0 aliphatic carbocycles. The lowest BCUT2D eigenvalue weighted by atomic mass is 10.2. The first-order valence-corrected chi connectivity index (χ1v) is 7.67. The van der Waals surface area contributed by atoms with Crippen molar-refractivity contribution in [2.24, 2.45) is 0 Å². The SMILES string of the molecule is COc1ccc(OC)c(NC(=O)CN2CC(=O)Oc3ccccc32)c1. The lowest BCUT2D eigenvalue weighted by Gasteiger charge is -2.29. The van der Waals surface area contributed by atoms with Crippen molar-refractivity contribution in [3.63, 3.8) is 0 Å². The maximum Gasteiger partial charge on any atom is 0.331 e. The van der Waals surface area contributed by atoms with Crippen molar-refractivity contribution < 1.29 is 23.8 Å². The van der Waals surface area contributed by atoms with Crippen LogP contribution in [0.1, 0.15) is 0 Å². The van der Waals surface area contributed by atoms with E-state index in [-0.39, 0.29) is 19.0 Å². The largest absolute Gasteiger partial charge is 0.497 e. The predicted molar refractivity (Wildman–Crippen MR) is 92.5 cm³/mol. The predicted octanol–water partition coefficient (Wildman–Crippen LogP) is 2.07. The highest BCUT2D eigenvalue weighted by atomic mass is 16.5. The summed E-state index contributed by atoms with van der Waals surface area (Å²) in [6.45, 7) is 0.0200. The Hall–Kier alpha value is -3.22. The van der Waals surface area contributed by atoms with E-state index in [9.17, 15) is 9.59 Å². The molecular formula is C18H18N2O5. The highest BCUT2D eigenvalue weighted by Gasteiger charge is 2.25. The molecule has 1 N–H and O–H groups in total. The van der Waals surface area contributed by atoms with E-state index in [0.29, 0.717) is 28.6 Å². The topological polar surface area (TPSA) is 77.1 Å². The molecule has 0 atom stereocenters. The Kier molecular flexibility index (Phi) is 4.74. The second kappa shape index (κ2) is 7.12. The number of anilines is 2. The number of nitrogens with one attached hydrogen (secondary N) is 1. The number of carbonyl (C=O) groups excluding carboxylic acids is 2. The van der Waals surface area contributed by atoms with E-state index in [4.69, 9.17) is 14.2 Å².